The van der Waals surface area contributed by atoms with E-state index in [9.17, 15) is 20.2 Å². The molecule has 0 aromatic heterocycles. The van der Waals surface area contributed by atoms with Crippen LogP contribution in [0.5, 0.6) is 0 Å². The van der Waals surface area contributed by atoms with Crippen molar-refractivity contribution >= 4 is 0 Å². The molecule has 0 fully saturated rings. The summed E-state index contributed by atoms with van der Waals surface area (Å²) in [4.78, 5) is 21.7. The average Bonchev–Trinajstić information content (AvgIpc) is 2.40. The van der Waals surface area contributed by atoms with E-state index in [1.807, 2.05) is 0 Å². The monoisotopic (exact) mass is 263 g/mol. The Balaban J connectivity index is 2.53. The maximum atomic E-state index is 11.7. The molecular formula is C11H9N3O5. The Bertz CT molecular complexity index is 597. The molecule has 0 bridgehead atoms. The SMILES string of the molecule is COC1=CC(=C2C=C([N+](=O)[O-])C=CN2[O-])[N+](=O)C=C1. The van der Waals surface area contributed by atoms with Gasteiger partial charge in [0.15, 0.2) is 0 Å². The molecule has 0 unspecified atom stereocenters. The Morgan fingerprint density at radius 2 is 2.11 bits per heavy atom. The second-order valence-electron chi connectivity index (χ2n) is 3.63. The molecule has 8 heteroatoms. The van der Waals surface area contributed by atoms with Crippen LogP contribution in [-0.4, -0.2) is 21.9 Å². The fourth-order valence-corrected chi connectivity index (χ4v) is 1.56. The Morgan fingerprint density at radius 1 is 1.37 bits per heavy atom. The van der Waals surface area contributed by atoms with Crippen LogP contribution in [-0.2, 0) is 4.74 Å². The van der Waals surface area contributed by atoms with Gasteiger partial charge in [-0.3, -0.25) is 10.1 Å². The van der Waals surface area contributed by atoms with E-state index in [1.54, 1.807) is 0 Å². The van der Waals surface area contributed by atoms with Crippen LogP contribution in [0.3, 0.4) is 0 Å². The van der Waals surface area contributed by atoms with Crippen LogP contribution in [0, 0.1) is 20.2 Å². The molecule has 8 nitrogen and oxygen atoms in total. The van der Waals surface area contributed by atoms with Crippen molar-refractivity contribution in [1.29, 1.82) is 0 Å². The van der Waals surface area contributed by atoms with Gasteiger partial charge >= 0.3 is 0 Å². The second-order valence-corrected chi connectivity index (χ2v) is 3.63. The van der Waals surface area contributed by atoms with Gasteiger partial charge in [-0.25, -0.2) is 0 Å². The zero-order chi connectivity index (χ0) is 14.0. The number of ether oxygens (including phenoxy) is 1. The van der Waals surface area contributed by atoms with Crippen molar-refractivity contribution in [1.82, 2.24) is 5.06 Å². The maximum Gasteiger partial charge on any atom is 0.289 e. The normalized spacial score (nSPS) is 22.2. The minimum atomic E-state index is -0.640. The lowest BCUT2D eigenvalue weighted by Gasteiger charge is -2.28. The molecule has 0 radical (unpaired) electrons. The molecule has 19 heavy (non-hydrogen) atoms. The number of rotatable bonds is 2. The molecule has 2 heterocycles. The van der Waals surface area contributed by atoms with Crippen molar-refractivity contribution < 1.29 is 14.4 Å². The van der Waals surface area contributed by atoms with Crippen LogP contribution in [0.15, 0.2) is 59.6 Å². The van der Waals surface area contributed by atoms with E-state index in [0.29, 0.717) is 15.6 Å². The van der Waals surface area contributed by atoms with E-state index < -0.39 is 4.92 Å². The highest BCUT2D eigenvalue weighted by atomic mass is 16.6. The predicted octanol–water partition coefficient (Wildman–Crippen LogP) is 1.52. The zero-order valence-electron chi connectivity index (χ0n) is 9.85. The first-order valence-electron chi connectivity index (χ1n) is 5.18. The Morgan fingerprint density at radius 3 is 2.74 bits per heavy atom. The van der Waals surface area contributed by atoms with E-state index in [-0.39, 0.29) is 17.1 Å². The summed E-state index contributed by atoms with van der Waals surface area (Å²) in [5, 5.41) is 22.7. The first-order chi connectivity index (χ1) is 9.02. The van der Waals surface area contributed by atoms with Gasteiger partial charge in [0.25, 0.3) is 11.4 Å². The highest BCUT2D eigenvalue weighted by Gasteiger charge is 2.26. The smallest absolute Gasteiger partial charge is 0.289 e. The molecule has 0 N–H and O–H groups in total. The number of methoxy groups -OCH3 is 1. The maximum absolute atomic E-state index is 11.7. The van der Waals surface area contributed by atoms with Crippen molar-refractivity contribution in [3.63, 3.8) is 0 Å². The molecule has 0 aliphatic carbocycles. The minimum absolute atomic E-state index is 0.0296. The molecule has 0 saturated carbocycles. The van der Waals surface area contributed by atoms with Gasteiger partial charge in [-0.15, -0.1) is 0 Å². The summed E-state index contributed by atoms with van der Waals surface area (Å²) in [5.74, 6) is 0.369. The highest BCUT2D eigenvalue weighted by molar-refractivity contribution is 5.39. The van der Waals surface area contributed by atoms with Crippen molar-refractivity contribution in [3.8, 4) is 0 Å². The molecule has 0 atom stereocenters. The predicted molar refractivity (Wildman–Crippen MR) is 64.3 cm³/mol. The van der Waals surface area contributed by atoms with Gasteiger partial charge in [-0.2, -0.15) is 0 Å². The van der Waals surface area contributed by atoms with E-state index >= 15 is 0 Å². The molecule has 0 amide bonds. The third kappa shape index (κ3) is 2.43. The van der Waals surface area contributed by atoms with Gasteiger partial charge in [0.1, 0.15) is 11.5 Å². The van der Waals surface area contributed by atoms with Crippen LogP contribution < -0.4 is 0 Å². The van der Waals surface area contributed by atoms with Crippen molar-refractivity contribution in [2.24, 2.45) is 0 Å². The van der Waals surface area contributed by atoms with Crippen molar-refractivity contribution in [2.75, 3.05) is 7.11 Å². The summed E-state index contributed by atoms with van der Waals surface area (Å²) < 4.78 is 5.39. The Kier molecular flexibility index (Phi) is 3.25. The van der Waals surface area contributed by atoms with E-state index in [2.05, 4.69) is 0 Å². The summed E-state index contributed by atoms with van der Waals surface area (Å²) in [6.45, 7) is 0. The number of nitro groups is 1. The molecule has 2 aliphatic heterocycles. The Labute approximate surface area is 107 Å². The third-order valence-corrected chi connectivity index (χ3v) is 2.50. The summed E-state index contributed by atoms with van der Waals surface area (Å²) in [7, 11) is 1.41. The molecule has 2 rings (SSSR count). The van der Waals surface area contributed by atoms with Gasteiger partial charge in [0.05, 0.1) is 22.9 Å². The number of nitrogens with zero attached hydrogens (tertiary/aromatic N) is 3. The number of hydroxylamine groups is 2. The van der Waals surface area contributed by atoms with Gasteiger partial charge in [-0.1, -0.05) is 0 Å². The van der Waals surface area contributed by atoms with Crippen LogP contribution in [0.4, 0.5) is 0 Å². The number of hydrogen-bond donors (Lipinski definition) is 0. The van der Waals surface area contributed by atoms with Crippen LogP contribution in [0.2, 0.25) is 0 Å². The van der Waals surface area contributed by atoms with Crippen molar-refractivity contribution in [3.05, 3.63) is 79.8 Å². The standard InChI is InChI=1S/C11H9N3O5/c1-19-9-3-5-13(16)11(7-9)10-6-8(14(17)18)2-4-12(10)15/h2-7H,1H3. The van der Waals surface area contributed by atoms with Crippen molar-refractivity contribution in [2.45, 2.75) is 0 Å². The largest absolute Gasteiger partial charge is 0.754 e. The fraction of sp³-hybridized carbons (Fsp3) is 0.0909. The molecule has 98 valence electrons. The highest BCUT2D eigenvalue weighted by Crippen LogP contribution is 2.24. The molecule has 0 aromatic rings. The van der Waals surface area contributed by atoms with Crippen LogP contribution in [0.25, 0.3) is 0 Å². The first-order valence-corrected chi connectivity index (χ1v) is 5.18. The fourth-order valence-electron chi connectivity index (χ4n) is 1.56. The molecule has 0 spiro atoms. The quantitative estimate of drug-likeness (QED) is 0.425. The average molecular weight is 263 g/mol. The zero-order valence-corrected chi connectivity index (χ0v) is 9.85. The third-order valence-electron chi connectivity index (χ3n) is 2.50. The van der Waals surface area contributed by atoms with Crippen LogP contribution >= 0.6 is 0 Å². The number of hydrogen-bond acceptors (Lipinski definition) is 6. The van der Waals surface area contributed by atoms with Gasteiger partial charge in [0.2, 0.25) is 6.20 Å². The molecule has 0 aromatic carbocycles. The first kappa shape index (κ1) is 12.7. The summed E-state index contributed by atoms with van der Waals surface area (Å²) in [6.07, 6.45) is 6.99. The van der Waals surface area contributed by atoms with E-state index in [0.717, 1.165) is 24.6 Å². The van der Waals surface area contributed by atoms with Gasteiger partial charge in [-0.05, 0) is 6.20 Å². The number of allylic oxidation sites excluding steroid dienone is 4. The lowest BCUT2D eigenvalue weighted by molar-refractivity contribution is -0.424. The second kappa shape index (κ2) is 4.86. The minimum Gasteiger partial charge on any atom is -0.754 e. The number of nitroso groups, excluding NO2 is 1. The van der Waals surface area contributed by atoms with Crippen LogP contribution in [0.1, 0.15) is 0 Å². The topological polar surface area (TPSA) is 98.8 Å². The molecule has 2 aliphatic rings. The lowest BCUT2D eigenvalue weighted by atomic mass is 10.2. The molecule has 0 saturated heterocycles. The van der Waals surface area contributed by atoms with E-state index in [1.165, 1.54) is 19.3 Å². The van der Waals surface area contributed by atoms with E-state index in [4.69, 9.17) is 4.74 Å². The summed E-state index contributed by atoms with van der Waals surface area (Å²) >= 11 is 0. The Hall–Kier alpha value is -2.74. The lowest BCUT2D eigenvalue weighted by Crippen LogP contribution is -2.18. The van der Waals surface area contributed by atoms with Gasteiger partial charge < -0.3 is 15.0 Å². The van der Waals surface area contributed by atoms with Gasteiger partial charge in [0, 0.05) is 23.1 Å². The summed E-state index contributed by atoms with van der Waals surface area (Å²) in [6, 6.07) is 0. The molecular weight excluding hydrogens is 254 g/mol. The summed E-state index contributed by atoms with van der Waals surface area (Å²) in [5.41, 5.74) is -0.425.